The van der Waals surface area contributed by atoms with E-state index in [1.807, 2.05) is 19.1 Å². The quantitative estimate of drug-likeness (QED) is 0.584. The number of amides is 5. The molecular formula is C21H19N3O6. The van der Waals surface area contributed by atoms with Crippen molar-refractivity contribution in [2.45, 2.75) is 26.9 Å². The maximum absolute atomic E-state index is 12.9. The molecule has 0 bridgehead atoms. The number of carbonyl (C=O) groups is 5. The molecule has 0 saturated carbocycles. The minimum absolute atomic E-state index is 0.0172. The molecule has 1 atom stereocenters. The van der Waals surface area contributed by atoms with Gasteiger partial charge in [0.05, 0.1) is 22.4 Å². The Kier molecular flexibility index (Phi) is 5.37. The largest absolute Gasteiger partial charge is 0.449 e. The molecule has 9 nitrogen and oxygen atoms in total. The third kappa shape index (κ3) is 3.77. The highest BCUT2D eigenvalue weighted by Crippen LogP contribution is 2.31. The average molecular weight is 409 g/mol. The third-order valence-electron chi connectivity index (χ3n) is 4.63. The fourth-order valence-corrected chi connectivity index (χ4v) is 3.05. The summed E-state index contributed by atoms with van der Waals surface area (Å²) in [5.41, 5.74) is 7.18. The van der Waals surface area contributed by atoms with Gasteiger partial charge in [-0.2, -0.15) is 0 Å². The monoisotopic (exact) mass is 409 g/mol. The van der Waals surface area contributed by atoms with Crippen LogP contribution in [0.3, 0.4) is 0 Å². The van der Waals surface area contributed by atoms with Crippen molar-refractivity contribution in [3.63, 3.8) is 0 Å². The molecule has 1 heterocycles. The molecule has 0 radical (unpaired) electrons. The van der Waals surface area contributed by atoms with Crippen LogP contribution in [0, 0.1) is 13.8 Å². The number of primary amides is 1. The third-order valence-corrected chi connectivity index (χ3v) is 4.63. The van der Waals surface area contributed by atoms with E-state index in [-0.39, 0.29) is 16.7 Å². The van der Waals surface area contributed by atoms with Crippen LogP contribution in [0.1, 0.15) is 49.1 Å². The van der Waals surface area contributed by atoms with Crippen molar-refractivity contribution < 1.29 is 28.7 Å². The van der Waals surface area contributed by atoms with Gasteiger partial charge in [-0.05, 0) is 56.2 Å². The van der Waals surface area contributed by atoms with Crippen molar-refractivity contribution in [3.05, 3.63) is 64.2 Å². The fourth-order valence-electron chi connectivity index (χ4n) is 3.05. The summed E-state index contributed by atoms with van der Waals surface area (Å²) in [6.07, 6.45) is -1.29. The van der Waals surface area contributed by atoms with Crippen molar-refractivity contribution in [2.24, 2.45) is 5.73 Å². The van der Waals surface area contributed by atoms with E-state index in [1.165, 1.54) is 25.1 Å². The van der Waals surface area contributed by atoms with Crippen LogP contribution in [0.5, 0.6) is 0 Å². The van der Waals surface area contributed by atoms with Gasteiger partial charge in [0.15, 0.2) is 6.10 Å². The second-order valence-corrected chi connectivity index (χ2v) is 6.90. The molecule has 2 aromatic carbocycles. The van der Waals surface area contributed by atoms with Crippen molar-refractivity contribution in [1.82, 2.24) is 5.32 Å². The summed E-state index contributed by atoms with van der Waals surface area (Å²) in [6.45, 7) is 4.91. The Balaban J connectivity index is 1.86. The molecular weight excluding hydrogens is 390 g/mol. The first-order valence-corrected chi connectivity index (χ1v) is 9.01. The Morgan fingerprint density at radius 1 is 1.00 bits per heavy atom. The molecule has 0 aliphatic carbocycles. The summed E-state index contributed by atoms with van der Waals surface area (Å²) in [6, 6.07) is 8.31. The molecule has 30 heavy (non-hydrogen) atoms. The second kappa shape index (κ2) is 7.78. The highest BCUT2D eigenvalue weighted by atomic mass is 16.5. The Bertz CT molecular complexity index is 1110. The number of nitrogens with one attached hydrogen (secondary N) is 1. The summed E-state index contributed by atoms with van der Waals surface area (Å²) < 4.78 is 5.00. The fraction of sp³-hybridized carbons (Fsp3) is 0.190. The normalized spacial score (nSPS) is 13.6. The number of rotatable bonds is 4. The molecule has 0 spiro atoms. The van der Waals surface area contributed by atoms with Crippen LogP contribution >= 0.6 is 0 Å². The maximum atomic E-state index is 12.9. The lowest BCUT2D eigenvalue weighted by Gasteiger charge is -2.17. The van der Waals surface area contributed by atoms with Gasteiger partial charge in [0.2, 0.25) is 0 Å². The van der Waals surface area contributed by atoms with E-state index in [0.29, 0.717) is 5.69 Å². The molecule has 0 aromatic heterocycles. The van der Waals surface area contributed by atoms with Crippen molar-refractivity contribution in [2.75, 3.05) is 4.90 Å². The van der Waals surface area contributed by atoms with Gasteiger partial charge in [0.1, 0.15) is 0 Å². The van der Waals surface area contributed by atoms with Crippen LogP contribution in [0.15, 0.2) is 36.4 Å². The first-order chi connectivity index (χ1) is 14.1. The van der Waals surface area contributed by atoms with Crippen LogP contribution in [0.4, 0.5) is 10.5 Å². The summed E-state index contributed by atoms with van der Waals surface area (Å²) in [4.78, 5) is 61.6. The lowest BCUT2D eigenvalue weighted by Crippen LogP contribution is -2.42. The molecule has 3 N–H and O–H groups in total. The number of hydrogen-bond donors (Lipinski definition) is 2. The van der Waals surface area contributed by atoms with Gasteiger partial charge < -0.3 is 10.5 Å². The zero-order valence-corrected chi connectivity index (χ0v) is 16.5. The lowest BCUT2D eigenvalue weighted by molar-refractivity contribution is -0.127. The SMILES string of the molecule is Cc1ccc(C)c(N2C(=O)c3ccc(C(=O)O[C@@H](C)C(=O)NC(N)=O)cc3C2=O)c1. The molecule has 154 valence electrons. The van der Waals surface area contributed by atoms with Gasteiger partial charge in [0, 0.05) is 0 Å². The number of aryl methyl sites for hydroxylation is 2. The smallest absolute Gasteiger partial charge is 0.338 e. The molecule has 5 amide bonds. The predicted octanol–water partition coefficient (Wildman–Crippen LogP) is 1.84. The molecule has 2 aromatic rings. The van der Waals surface area contributed by atoms with E-state index in [4.69, 9.17) is 10.5 Å². The van der Waals surface area contributed by atoms with Gasteiger partial charge >= 0.3 is 12.0 Å². The predicted molar refractivity (Wildman–Crippen MR) is 106 cm³/mol. The molecule has 9 heteroatoms. The first kappa shape index (κ1) is 20.7. The zero-order chi connectivity index (χ0) is 22.2. The number of nitrogens with two attached hydrogens (primary N) is 1. The molecule has 0 saturated heterocycles. The standard InChI is InChI=1S/C21H19N3O6/c1-10-4-5-11(2)16(8-10)24-18(26)14-7-6-13(9-15(14)19(24)27)20(28)30-12(3)17(25)23-21(22)29/h4-9,12H,1-3H3,(H3,22,23,25,29)/t12-/m0/s1. The molecule has 3 rings (SSSR count). The lowest BCUT2D eigenvalue weighted by atomic mass is 10.1. The number of nitrogens with zero attached hydrogens (tertiary/aromatic N) is 1. The van der Waals surface area contributed by atoms with Crippen LogP contribution in [0.25, 0.3) is 0 Å². The van der Waals surface area contributed by atoms with E-state index >= 15 is 0 Å². The van der Waals surface area contributed by atoms with Gasteiger partial charge in [-0.25, -0.2) is 14.5 Å². The number of ether oxygens (including phenoxy) is 1. The first-order valence-electron chi connectivity index (χ1n) is 9.01. The second-order valence-electron chi connectivity index (χ2n) is 6.90. The number of imide groups is 2. The highest BCUT2D eigenvalue weighted by Gasteiger charge is 2.38. The van der Waals surface area contributed by atoms with E-state index in [1.54, 1.807) is 18.3 Å². The van der Waals surface area contributed by atoms with Crippen LogP contribution in [0.2, 0.25) is 0 Å². The van der Waals surface area contributed by atoms with Crippen LogP contribution < -0.4 is 16.0 Å². The Morgan fingerprint density at radius 3 is 2.33 bits per heavy atom. The Labute approximate surface area is 171 Å². The van der Waals surface area contributed by atoms with Crippen LogP contribution in [-0.2, 0) is 9.53 Å². The van der Waals surface area contributed by atoms with Crippen molar-refractivity contribution in [1.29, 1.82) is 0 Å². The number of fused-ring (bicyclic) bond motifs is 1. The van der Waals surface area contributed by atoms with Gasteiger partial charge in [-0.3, -0.25) is 19.7 Å². The van der Waals surface area contributed by atoms with E-state index in [2.05, 4.69) is 0 Å². The molecule has 0 unspecified atom stereocenters. The van der Waals surface area contributed by atoms with Gasteiger partial charge in [-0.15, -0.1) is 0 Å². The number of carbonyl (C=O) groups excluding carboxylic acids is 5. The molecule has 1 aliphatic heterocycles. The zero-order valence-electron chi connectivity index (χ0n) is 16.5. The van der Waals surface area contributed by atoms with E-state index in [9.17, 15) is 24.0 Å². The number of benzene rings is 2. The minimum atomic E-state index is -1.29. The highest BCUT2D eigenvalue weighted by molar-refractivity contribution is 6.35. The van der Waals surface area contributed by atoms with E-state index < -0.39 is 35.8 Å². The van der Waals surface area contributed by atoms with Crippen molar-refractivity contribution in [3.8, 4) is 0 Å². The van der Waals surface area contributed by atoms with Gasteiger partial charge in [0.25, 0.3) is 17.7 Å². The van der Waals surface area contributed by atoms with E-state index in [0.717, 1.165) is 16.0 Å². The number of esters is 1. The molecule has 1 aliphatic rings. The maximum Gasteiger partial charge on any atom is 0.338 e. The Hall–Kier alpha value is -4.01. The van der Waals surface area contributed by atoms with Crippen molar-refractivity contribution >= 4 is 35.4 Å². The topological polar surface area (TPSA) is 136 Å². The number of anilines is 1. The number of hydrogen-bond acceptors (Lipinski definition) is 6. The van der Waals surface area contributed by atoms with Crippen LogP contribution in [-0.4, -0.2) is 35.8 Å². The number of urea groups is 1. The minimum Gasteiger partial charge on any atom is -0.449 e. The average Bonchev–Trinajstić information content (AvgIpc) is 2.93. The molecule has 0 fully saturated rings. The Morgan fingerprint density at radius 2 is 1.67 bits per heavy atom. The summed E-state index contributed by atoms with van der Waals surface area (Å²) in [7, 11) is 0. The summed E-state index contributed by atoms with van der Waals surface area (Å²) >= 11 is 0. The summed E-state index contributed by atoms with van der Waals surface area (Å²) in [5.74, 6) is -2.82. The van der Waals surface area contributed by atoms with Gasteiger partial charge in [-0.1, -0.05) is 12.1 Å². The summed E-state index contributed by atoms with van der Waals surface area (Å²) in [5, 5.41) is 1.80.